The summed E-state index contributed by atoms with van der Waals surface area (Å²) in [4.78, 5) is 13.3. The van der Waals surface area contributed by atoms with Crippen LogP contribution in [0.5, 0.6) is 0 Å². The predicted molar refractivity (Wildman–Crippen MR) is 59.4 cm³/mol. The Morgan fingerprint density at radius 2 is 2.00 bits per heavy atom. The molecule has 0 N–H and O–H groups in total. The van der Waals surface area contributed by atoms with Crippen molar-refractivity contribution in [3.8, 4) is 6.07 Å². The van der Waals surface area contributed by atoms with Crippen molar-refractivity contribution >= 4 is 11.6 Å². The number of nitriles is 1. The highest BCUT2D eigenvalue weighted by Gasteiger charge is 2.16. The monoisotopic (exact) mass is 202 g/mol. The number of nitrogens with zero attached hydrogens (tertiary/aromatic N) is 2. The van der Waals surface area contributed by atoms with Gasteiger partial charge in [0, 0.05) is 13.0 Å². The highest BCUT2D eigenvalue weighted by molar-refractivity contribution is 5.95. The summed E-state index contributed by atoms with van der Waals surface area (Å²) in [6, 6.07) is 9.17. The molecule has 0 fully saturated rings. The van der Waals surface area contributed by atoms with Gasteiger partial charge in [-0.2, -0.15) is 5.26 Å². The van der Waals surface area contributed by atoms with Gasteiger partial charge in [0.05, 0.1) is 11.3 Å². The maximum absolute atomic E-state index is 11.7. The van der Waals surface area contributed by atoms with Crippen molar-refractivity contribution in [2.75, 3.05) is 11.9 Å². The van der Waals surface area contributed by atoms with Gasteiger partial charge in [-0.05, 0) is 12.1 Å². The summed E-state index contributed by atoms with van der Waals surface area (Å²) in [6.07, 6.45) is 0. The van der Waals surface area contributed by atoms with E-state index < -0.39 is 0 Å². The molecule has 3 nitrogen and oxygen atoms in total. The van der Waals surface area contributed by atoms with E-state index >= 15 is 0 Å². The molecule has 0 aromatic heterocycles. The lowest BCUT2D eigenvalue weighted by Gasteiger charge is -2.20. The Kier molecular flexibility index (Phi) is 3.46. The highest BCUT2D eigenvalue weighted by atomic mass is 16.2. The molecular weight excluding hydrogens is 188 g/mol. The first-order chi connectivity index (χ1) is 7.07. The molecular formula is C12H14N2O. The highest BCUT2D eigenvalue weighted by Crippen LogP contribution is 2.19. The van der Waals surface area contributed by atoms with E-state index in [1.54, 1.807) is 25.2 Å². The van der Waals surface area contributed by atoms with Crippen LogP contribution in [-0.2, 0) is 4.79 Å². The number of anilines is 1. The number of para-hydroxylation sites is 1. The number of carbonyl (C=O) groups excluding carboxylic acids is 1. The van der Waals surface area contributed by atoms with Crippen molar-refractivity contribution in [1.29, 1.82) is 5.26 Å². The lowest BCUT2D eigenvalue weighted by Crippen LogP contribution is -2.30. The summed E-state index contributed by atoms with van der Waals surface area (Å²) < 4.78 is 0. The zero-order valence-corrected chi connectivity index (χ0v) is 9.19. The van der Waals surface area contributed by atoms with Crippen LogP contribution in [0.1, 0.15) is 19.4 Å². The van der Waals surface area contributed by atoms with E-state index in [4.69, 9.17) is 5.26 Å². The molecule has 1 aromatic rings. The molecule has 0 bridgehead atoms. The maximum atomic E-state index is 11.7. The third kappa shape index (κ3) is 2.35. The van der Waals surface area contributed by atoms with Gasteiger partial charge in [-0.25, -0.2) is 0 Å². The smallest absolute Gasteiger partial charge is 0.229 e. The number of rotatable bonds is 2. The number of amides is 1. The lowest BCUT2D eigenvalue weighted by molar-refractivity contribution is -0.121. The largest absolute Gasteiger partial charge is 0.314 e. The van der Waals surface area contributed by atoms with E-state index in [1.807, 2.05) is 19.9 Å². The minimum Gasteiger partial charge on any atom is -0.314 e. The average molecular weight is 202 g/mol. The molecule has 15 heavy (non-hydrogen) atoms. The Hall–Kier alpha value is -1.82. The predicted octanol–water partition coefficient (Wildman–Crippen LogP) is 2.18. The van der Waals surface area contributed by atoms with Crippen LogP contribution in [0.25, 0.3) is 0 Å². The second kappa shape index (κ2) is 4.61. The van der Waals surface area contributed by atoms with Gasteiger partial charge >= 0.3 is 0 Å². The van der Waals surface area contributed by atoms with Crippen LogP contribution < -0.4 is 4.90 Å². The summed E-state index contributed by atoms with van der Waals surface area (Å²) in [5, 5.41) is 8.90. The van der Waals surface area contributed by atoms with Gasteiger partial charge in [-0.3, -0.25) is 4.79 Å². The third-order valence-corrected chi connectivity index (χ3v) is 2.21. The first kappa shape index (κ1) is 11.3. The first-order valence-corrected chi connectivity index (χ1v) is 4.84. The number of hydrogen-bond donors (Lipinski definition) is 0. The number of carbonyl (C=O) groups is 1. The van der Waals surface area contributed by atoms with Crippen LogP contribution >= 0.6 is 0 Å². The van der Waals surface area contributed by atoms with Crippen LogP contribution in [0.15, 0.2) is 24.3 Å². The standard InChI is InChI=1S/C12H14N2O/c1-9(2)12(15)14(3)11-7-5-4-6-10(11)8-13/h4-7,9H,1-3H3. The van der Waals surface area contributed by atoms with Crippen molar-refractivity contribution in [3.05, 3.63) is 29.8 Å². The number of hydrogen-bond acceptors (Lipinski definition) is 2. The Balaban J connectivity index is 3.07. The van der Waals surface area contributed by atoms with E-state index in [0.717, 1.165) is 0 Å². The van der Waals surface area contributed by atoms with Crippen LogP contribution in [0, 0.1) is 17.2 Å². The second-order valence-electron chi connectivity index (χ2n) is 3.68. The SMILES string of the molecule is CC(C)C(=O)N(C)c1ccccc1C#N. The van der Waals surface area contributed by atoms with E-state index in [1.165, 1.54) is 4.90 Å². The van der Waals surface area contributed by atoms with Crippen molar-refractivity contribution < 1.29 is 4.79 Å². The Morgan fingerprint density at radius 3 is 2.53 bits per heavy atom. The zero-order valence-electron chi connectivity index (χ0n) is 9.19. The molecule has 1 aromatic carbocycles. The van der Waals surface area contributed by atoms with Crippen LogP contribution in [0.3, 0.4) is 0 Å². The van der Waals surface area contributed by atoms with Crippen LogP contribution in [0.4, 0.5) is 5.69 Å². The van der Waals surface area contributed by atoms with E-state index in [0.29, 0.717) is 11.3 Å². The molecule has 0 atom stereocenters. The molecule has 1 amide bonds. The van der Waals surface area contributed by atoms with Gasteiger partial charge in [0.15, 0.2) is 0 Å². The molecule has 0 radical (unpaired) electrons. The van der Waals surface area contributed by atoms with Crippen molar-refractivity contribution in [3.63, 3.8) is 0 Å². The van der Waals surface area contributed by atoms with Crippen molar-refractivity contribution in [2.24, 2.45) is 5.92 Å². The molecule has 0 spiro atoms. The zero-order chi connectivity index (χ0) is 11.4. The molecule has 0 aliphatic rings. The maximum Gasteiger partial charge on any atom is 0.229 e. The minimum absolute atomic E-state index is 0.0118. The van der Waals surface area contributed by atoms with Crippen LogP contribution in [0.2, 0.25) is 0 Å². The summed E-state index contributed by atoms with van der Waals surface area (Å²) in [7, 11) is 1.69. The Labute approximate surface area is 89.9 Å². The number of benzene rings is 1. The van der Waals surface area contributed by atoms with Gasteiger partial charge in [-0.1, -0.05) is 26.0 Å². The van der Waals surface area contributed by atoms with Gasteiger partial charge < -0.3 is 4.90 Å². The molecule has 0 aliphatic carbocycles. The first-order valence-electron chi connectivity index (χ1n) is 4.84. The normalized spacial score (nSPS) is 9.80. The average Bonchev–Trinajstić information content (AvgIpc) is 2.26. The quantitative estimate of drug-likeness (QED) is 0.737. The topological polar surface area (TPSA) is 44.1 Å². The summed E-state index contributed by atoms with van der Waals surface area (Å²) >= 11 is 0. The van der Waals surface area contributed by atoms with Gasteiger partial charge in [0.25, 0.3) is 0 Å². The fourth-order valence-corrected chi connectivity index (χ4v) is 1.37. The molecule has 0 aliphatic heterocycles. The minimum atomic E-state index is -0.0678. The van der Waals surface area contributed by atoms with Gasteiger partial charge in [-0.15, -0.1) is 0 Å². The Morgan fingerprint density at radius 1 is 1.40 bits per heavy atom. The second-order valence-corrected chi connectivity index (χ2v) is 3.68. The van der Waals surface area contributed by atoms with Gasteiger partial charge in [0.2, 0.25) is 5.91 Å². The van der Waals surface area contributed by atoms with E-state index in [-0.39, 0.29) is 11.8 Å². The van der Waals surface area contributed by atoms with Gasteiger partial charge in [0.1, 0.15) is 6.07 Å². The molecule has 0 saturated carbocycles. The summed E-state index contributed by atoms with van der Waals surface area (Å²) in [5.74, 6) is -0.0561. The summed E-state index contributed by atoms with van der Waals surface area (Å²) in [5.41, 5.74) is 1.19. The third-order valence-electron chi connectivity index (χ3n) is 2.21. The molecule has 3 heteroatoms. The summed E-state index contributed by atoms with van der Waals surface area (Å²) in [6.45, 7) is 3.68. The fourth-order valence-electron chi connectivity index (χ4n) is 1.37. The molecule has 0 unspecified atom stereocenters. The van der Waals surface area contributed by atoms with Crippen molar-refractivity contribution in [2.45, 2.75) is 13.8 Å². The van der Waals surface area contributed by atoms with E-state index in [2.05, 4.69) is 6.07 Å². The van der Waals surface area contributed by atoms with E-state index in [9.17, 15) is 4.79 Å². The Bertz CT molecular complexity index is 404. The molecule has 1 rings (SSSR count). The van der Waals surface area contributed by atoms with Crippen molar-refractivity contribution in [1.82, 2.24) is 0 Å². The molecule has 0 saturated heterocycles. The lowest BCUT2D eigenvalue weighted by atomic mass is 10.1. The molecule has 0 heterocycles. The van der Waals surface area contributed by atoms with Crippen LogP contribution in [-0.4, -0.2) is 13.0 Å². The fraction of sp³-hybridized carbons (Fsp3) is 0.333. The molecule has 78 valence electrons.